The lowest BCUT2D eigenvalue weighted by Crippen LogP contribution is -2.13. The average Bonchev–Trinajstić information content (AvgIpc) is 2.69. The smallest absolute Gasteiger partial charge is 0.261 e. The Labute approximate surface area is 174 Å². The lowest BCUT2D eigenvalue weighted by atomic mass is 10.2. The van der Waals surface area contributed by atoms with E-state index in [1.807, 2.05) is 49.4 Å². The van der Waals surface area contributed by atoms with E-state index in [0.717, 1.165) is 10.5 Å². The minimum absolute atomic E-state index is 0.188. The molecule has 0 amide bonds. The van der Waals surface area contributed by atoms with Crippen LogP contribution in [0.3, 0.4) is 0 Å². The number of nitrogens with one attached hydrogen (secondary N) is 1. The number of anilines is 1. The van der Waals surface area contributed by atoms with Gasteiger partial charge in [-0.1, -0.05) is 35.9 Å². The third-order valence-electron chi connectivity index (χ3n) is 3.88. The molecule has 0 aliphatic rings. The number of sulfonamides is 1. The average molecular weight is 434 g/mol. The highest BCUT2D eigenvalue weighted by Gasteiger charge is 2.16. The van der Waals surface area contributed by atoms with E-state index >= 15 is 0 Å². The van der Waals surface area contributed by atoms with Crippen LogP contribution in [0.4, 0.5) is 5.69 Å². The molecule has 0 radical (unpaired) electrons. The van der Waals surface area contributed by atoms with Crippen LogP contribution >= 0.6 is 23.4 Å². The lowest BCUT2D eigenvalue weighted by molar-refractivity contribution is 0.340. The fourth-order valence-corrected chi connectivity index (χ4v) is 4.74. The summed E-state index contributed by atoms with van der Waals surface area (Å²) in [5.74, 6) is 1.35. The third-order valence-corrected chi connectivity index (χ3v) is 6.66. The zero-order chi connectivity index (χ0) is 20.0. The van der Waals surface area contributed by atoms with Crippen LogP contribution in [-0.4, -0.2) is 15.0 Å². The van der Waals surface area contributed by atoms with Crippen LogP contribution in [0.15, 0.2) is 82.6 Å². The van der Waals surface area contributed by atoms with Crippen LogP contribution in [0, 0.1) is 0 Å². The van der Waals surface area contributed by atoms with Gasteiger partial charge in [0.15, 0.2) is 0 Å². The molecule has 3 aromatic rings. The molecule has 7 heteroatoms. The van der Waals surface area contributed by atoms with Gasteiger partial charge in [0.1, 0.15) is 5.75 Å². The summed E-state index contributed by atoms with van der Waals surface area (Å²) >= 11 is 7.48. The molecule has 0 bridgehead atoms. The number of para-hydroxylation sites is 1. The molecule has 3 aromatic carbocycles. The molecule has 28 heavy (non-hydrogen) atoms. The van der Waals surface area contributed by atoms with E-state index in [1.165, 1.54) is 12.1 Å². The summed E-state index contributed by atoms with van der Waals surface area (Å²) in [4.78, 5) is 1.04. The summed E-state index contributed by atoms with van der Waals surface area (Å²) in [7, 11) is -3.69. The maximum Gasteiger partial charge on any atom is 0.261 e. The predicted octanol–water partition coefficient (Wildman–Crippen LogP) is 5.83. The summed E-state index contributed by atoms with van der Waals surface area (Å²) in [5, 5.41) is 0.692. The third kappa shape index (κ3) is 5.44. The Morgan fingerprint density at radius 3 is 2.32 bits per heavy atom. The monoisotopic (exact) mass is 433 g/mol. The largest absolute Gasteiger partial charge is 0.494 e. The Morgan fingerprint density at radius 2 is 1.64 bits per heavy atom. The van der Waals surface area contributed by atoms with Gasteiger partial charge >= 0.3 is 0 Å². The van der Waals surface area contributed by atoms with Gasteiger partial charge in [-0.3, -0.25) is 4.72 Å². The van der Waals surface area contributed by atoms with Crippen molar-refractivity contribution in [2.24, 2.45) is 0 Å². The van der Waals surface area contributed by atoms with Gasteiger partial charge in [-0.2, -0.15) is 0 Å². The van der Waals surface area contributed by atoms with E-state index < -0.39 is 10.0 Å². The second-order valence-electron chi connectivity index (χ2n) is 5.92. The van der Waals surface area contributed by atoms with Gasteiger partial charge in [-0.25, -0.2) is 8.42 Å². The van der Waals surface area contributed by atoms with Crippen LogP contribution in [0.2, 0.25) is 5.02 Å². The van der Waals surface area contributed by atoms with Crippen molar-refractivity contribution >= 4 is 39.1 Å². The van der Waals surface area contributed by atoms with E-state index in [1.54, 1.807) is 30.0 Å². The summed E-state index contributed by atoms with van der Waals surface area (Å²) in [6.07, 6.45) is 0. The number of rotatable bonds is 8. The molecule has 0 aliphatic heterocycles. The van der Waals surface area contributed by atoms with Crippen molar-refractivity contribution in [2.45, 2.75) is 22.5 Å². The molecule has 0 aromatic heterocycles. The van der Waals surface area contributed by atoms with Crippen LogP contribution in [0.1, 0.15) is 12.5 Å². The molecule has 4 nitrogen and oxygen atoms in total. The van der Waals surface area contributed by atoms with E-state index in [9.17, 15) is 8.42 Å². The van der Waals surface area contributed by atoms with E-state index in [0.29, 0.717) is 28.8 Å². The number of halogens is 1. The Hall–Kier alpha value is -2.15. The second kappa shape index (κ2) is 9.37. The standard InChI is InChI=1S/C21H20ClNO3S2/c1-2-26-18-11-13-19(14-12-18)28(24,25)23-20-5-3-4-6-21(20)27-15-16-7-9-17(22)10-8-16/h3-14,23H,2,15H2,1H3. The molecule has 0 heterocycles. The quantitative estimate of drug-likeness (QED) is 0.454. The molecule has 0 unspecified atom stereocenters. The minimum atomic E-state index is -3.69. The maximum atomic E-state index is 12.8. The van der Waals surface area contributed by atoms with Gasteiger partial charge in [-0.15, -0.1) is 11.8 Å². The van der Waals surface area contributed by atoms with Crippen molar-refractivity contribution in [3.8, 4) is 5.75 Å². The van der Waals surface area contributed by atoms with E-state index in [-0.39, 0.29) is 4.90 Å². The zero-order valence-corrected chi connectivity index (χ0v) is 17.7. The Kier molecular flexibility index (Phi) is 6.88. The highest BCUT2D eigenvalue weighted by atomic mass is 35.5. The number of hydrogen-bond donors (Lipinski definition) is 1. The Bertz CT molecular complexity index is 1020. The van der Waals surface area contributed by atoms with Crippen molar-refractivity contribution in [1.29, 1.82) is 0 Å². The van der Waals surface area contributed by atoms with E-state index in [2.05, 4.69) is 4.72 Å². The maximum absolute atomic E-state index is 12.8. The molecule has 0 atom stereocenters. The van der Waals surface area contributed by atoms with Gasteiger partial charge in [0.25, 0.3) is 10.0 Å². The Morgan fingerprint density at radius 1 is 0.964 bits per heavy atom. The zero-order valence-electron chi connectivity index (χ0n) is 15.3. The first kappa shape index (κ1) is 20.6. The van der Waals surface area contributed by atoms with Gasteiger partial charge in [0.2, 0.25) is 0 Å². The van der Waals surface area contributed by atoms with Gasteiger partial charge in [-0.05, 0) is 61.0 Å². The number of hydrogen-bond acceptors (Lipinski definition) is 4. The van der Waals surface area contributed by atoms with Gasteiger partial charge < -0.3 is 4.74 Å². The van der Waals surface area contributed by atoms with Crippen molar-refractivity contribution in [3.05, 3.63) is 83.4 Å². The molecule has 0 spiro atoms. The Balaban J connectivity index is 1.75. The first-order valence-electron chi connectivity index (χ1n) is 8.70. The van der Waals surface area contributed by atoms with Crippen LogP contribution in [0.5, 0.6) is 5.75 Å². The fraction of sp³-hybridized carbons (Fsp3) is 0.143. The van der Waals surface area contributed by atoms with Gasteiger partial charge in [0.05, 0.1) is 17.2 Å². The highest BCUT2D eigenvalue weighted by Crippen LogP contribution is 2.31. The fourth-order valence-electron chi connectivity index (χ4n) is 2.50. The normalized spacial score (nSPS) is 11.2. The molecule has 0 aliphatic carbocycles. The van der Waals surface area contributed by atoms with Gasteiger partial charge in [0, 0.05) is 15.7 Å². The molecule has 0 fully saturated rings. The highest BCUT2D eigenvalue weighted by molar-refractivity contribution is 7.98. The van der Waals surface area contributed by atoms with Crippen LogP contribution < -0.4 is 9.46 Å². The summed E-state index contributed by atoms with van der Waals surface area (Å²) < 4.78 is 33.6. The van der Waals surface area contributed by atoms with Crippen molar-refractivity contribution in [1.82, 2.24) is 0 Å². The SMILES string of the molecule is CCOc1ccc(S(=O)(=O)Nc2ccccc2SCc2ccc(Cl)cc2)cc1. The molecule has 3 rings (SSSR count). The predicted molar refractivity (Wildman–Crippen MR) is 116 cm³/mol. The second-order valence-corrected chi connectivity index (χ2v) is 9.06. The molecular formula is C21H20ClNO3S2. The summed E-state index contributed by atoms with van der Waals surface area (Å²) in [6, 6.07) is 21.3. The number of ether oxygens (including phenoxy) is 1. The molecule has 0 saturated carbocycles. The van der Waals surface area contributed by atoms with Crippen LogP contribution in [0.25, 0.3) is 0 Å². The molecule has 0 saturated heterocycles. The molecular weight excluding hydrogens is 414 g/mol. The topological polar surface area (TPSA) is 55.4 Å². The first-order chi connectivity index (χ1) is 13.5. The number of benzene rings is 3. The minimum Gasteiger partial charge on any atom is -0.494 e. The number of thioether (sulfide) groups is 1. The summed E-state index contributed by atoms with van der Waals surface area (Å²) in [6.45, 7) is 2.41. The van der Waals surface area contributed by atoms with Crippen molar-refractivity contribution < 1.29 is 13.2 Å². The molecule has 1 N–H and O–H groups in total. The lowest BCUT2D eigenvalue weighted by Gasteiger charge is -2.13. The first-order valence-corrected chi connectivity index (χ1v) is 11.5. The van der Waals surface area contributed by atoms with Crippen molar-refractivity contribution in [2.75, 3.05) is 11.3 Å². The van der Waals surface area contributed by atoms with Crippen LogP contribution in [-0.2, 0) is 15.8 Å². The summed E-state index contributed by atoms with van der Waals surface area (Å²) in [5.41, 5.74) is 1.66. The van der Waals surface area contributed by atoms with E-state index in [4.69, 9.17) is 16.3 Å². The van der Waals surface area contributed by atoms with Crippen molar-refractivity contribution in [3.63, 3.8) is 0 Å². The molecule has 146 valence electrons.